The summed E-state index contributed by atoms with van der Waals surface area (Å²) < 4.78 is 104. The number of benzene rings is 3. The zero-order chi connectivity index (χ0) is 28.6. The molecule has 1 atom stereocenters. The fraction of sp³-hybridized carbons (Fsp3) is 0.207. The largest absolute Gasteiger partial charge is 0.463 e. The summed E-state index contributed by atoms with van der Waals surface area (Å²) >= 11 is 0. The molecule has 0 aliphatic rings. The van der Waals surface area contributed by atoms with Gasteiger partial charge in [0.2, 0.25) is 0 Å². The van der Waals surface area contributed by atoms with Gasteiger partial charge < -0.3 is 9.73 Å². The molecule has 204 valence electrons. The van der Waals surface area contributed by atoms with Crippen LogP contribution in [0.25, 0.3) is 0 Å². The van der Waals surface area contributed by atoms with E-state index in [2.05, 4.69) is 5.32 Å². The number of hydrogen-bond donors (Lipinski definition) is 1. The highest BCUT2D eigenvalue weighted by atomic mass is 19.4. The van der Waals surface area contributed by atoms with Gasteiger partial charge in [-0.05, 0) is 66.6 Å². The molecule has 0 saturated heterocycles. The minimum Gasteiger partial charge on any atom is -0.463 e. The molecule has 10 heteroatoms. The zero-order valence-corrected chi connectivity index (χ0v) is 20.7. The number of alkyl halides is 5. The summed E-state index contributed by atoms with van der Waals surface area (Å²) in [5.41, 5.74) is -4.43. The smallest absolute Gasteiger partial charge is 0.416 e. The number of carbonyl (C=O) groups excluding carboxylic acids is 1. The molecule has 0 bridgehead atoms. The topological polar surface area (TPSA) is 42.2 Å². The van der Waals surface area contributed by atoms with Crippen molar-refractivity contribution in [2.45, 2.75) is 37.9 Å². The standard InChI is InChI=1S/C29H22F7NO2/c1-17-8-11-25(39-17)28(16-18-6-4-3-5-7-18,20-13-21(29(34,35)36)15-22(30)14-20)37-26(38)19-9-10-24(31)23(12-19)27(2,32)33/h3-15H,16H2,1-2H3,(H,37,38). The van der Waals surface area contributed by atoms with Crippen molar-refractivity contribution in [1.29, 1.82) is 0 Å². The van der Waals surface area contributed by atoms with Crippen molar-refractivity contribution in [3.8, 4) is 0 Å². The third kappa shape index (κ3) is 6.00. The number of hydrogen-bond acceptors (Lipinski definition) is 2. The molecule has 0 aliphatic heterocycles. The van der Waals surface area contributed by atoms with Crippen molar-refractivity contribution >= 4 is 5.91 Å². The predicted molar refractivity (Wildman–Crippen MR) is 129 cm³/mol. The van der Waals surface area contributed by atoms with Gasteiger partial charge >= 0.3 is 6.18 Å². The molecule has 1 heterocycles. The Bertz CT molecular complexity index is 1490. The molecule has 4 rings (SSSR count). The van der Waals surface area contributed by atoms with Crippen molar-refractivity contribution in [2.75, 3.05) is 0 Å². The highest BCUT2D eigenvalue weighted by molar-refractivity contribution is 5.95. The Labute approximate surface area is 219 Å². The molecule has 0 aliphatic carbocycles. The van der Waals surface area contributed by atoms with E-state index in [1.165, 1.54) is 12.1 Å². The first-order chi connectivity index (χ1) is 18.2. The second kappa shape index (κ2) is 10.2. The Morgan fingerprint density at radius 3 is 2.10 bits per heavy atom. The van der Waals surface area contributed by atoms with Crippen LogP contribution in [0.5, 0.6) is 0 Å². The number of nitrogens with one attached hydrogen (secondary N) is 1. The van der Waals surface area contributed by atoms with Crippen molar-refractivity contribution in [3.63, 3.8) is 0 Å². The number of halogens is 7. The lowest BCUT2D eigenvalue weighted by Gasteiger charge is -2.34. The summed E-state index contributed by atoms with van der Waals surface area (Å²) in [5, 5.41) is 2.61. The number of amides is 1. The number of aryl methyl sites for hydroxylation is 1. The van der Waals surface area contributed by atoms with Gasteiger partial charge in [-0.15, -0.1) is 0 Å². The predicted octanol–water partition coefficient (Wildman–Crippen LogP) is 7.91. The maximum atomic E-state index is 14.7. The van der Waals surface area contributed by atoms with Crippen LogP contribution in [0.3, 0.4) is 0 Å². The molecule has 4 aromatic rings. The Morgan fingerprint density at radius 2 is 1.51 bits per heavy atom. The molecule has 0 fully saturated rings. The molecular formula is C29H22F7NO2. The molecule has 1 unspecified atom stereocenters. The first-order valence-corrected chi connectivity index (χ1v) is 11.7. The average molecular weight is 549 g/mol. The van der Waals surface area contributed by atoms with Crippen LogP contribution in [-0.2, 0) is 24.1 Å². The Kier molecular flexibility index (Phi) is 7.34. The van der Waals surface area contributed by atoms with E-state index in [9.17, 15) is 35.5 Å². The van der Waals surface area contributed by atoms with Gasteiger partial charge in [0.25, 0.3) is 11.8 Å². The highest BCUT2D eigenvalue weighted by Crippen LogP contribution is 2.39. The van der Waals surface area contributed by atoms with E-state index < -0.39 is 46.3 Å². The van der Waals surface area contributed by atoms with E-state index >= 15 is 0 Å². The summed E-state index contributed by atoms with van der Waals surface area (Å²) in [6, 6.07) is 15.4. The molecule has 3 nitrogen and oxygen atoms in total. The van der Waals surface area contributed by atoms with Crippen LogP contribution >= 0.6 is 0 Å². The van der Waals surface area contributed by atoms with Gasteiger partial charge in [-0.3, -0.25) is 4.79 Å². The van der Waals surface area contributed by atoms with E-state index in [0.29, 0.717) is 42.5 Å². The van der Waals surface area contributed by atoms with Gasteiger partial charge in [0.15, 0.2) is 0 Å². The normalized spacial score (nSPS) is 13.7. The van der Waals surface area contributed by atoms with Gasteiger partial charge in [0.05, 0.1) is 11.1 Å². The first kappa shape index (κ1) is 27.9. The van der Waals surface area contributed by atoms with Crippen molar-refractivity contribution in [2.24, 2.45) is 0 Å². The van der Waals surface area contributed by atoms with Crippen LogP contribution < -0.4 is 5.32 Å². The first-order valence-electron chi connectivity index (χ1n) is 11.7. The molecule has 1 aromatic heterocycles. The van der Waals surface area contributed by atoms with E-state index in [1.54, 1.807) is 37.3 Å². The second-order valence-corrected chi connectivity index (χ2v) is 9.24. The van der Waals surface area contributed by atoms with Gasteiger partial charge in [0.1, 0.15) is 28.7 Å². The maximum absolute atomic E-state index is 14.7. The van der Waals surface area contributed by atoms with Crippen LogP contribution in [0.4, 0.5) is 30.7 Å². The molecule has 3 aromatic carbocycles. The summed E-state index contributed by atoms with van der Waals surface area (Å²) in [6.07, 6.45) is -5.12. The third-order valence-electron chi connectivity index (χ3n) is 6.22. The fourth-order valence-corrected chi connectivity index (χ4v) is 4.34. The van der Waals surface area contributed by atoms with Gasteiger partial charge in [-0.25, -0.2) is 17.6 Å². The van der Waals surface area contributed by atoms with Crippen molar-refractivity contribution in [3.05, 3.63) is 130 Å². The van der Waals surface area contributed by atoms with Crippen molar-refractivity contribution in [1.82, 2.24) is 5.32 Å². The summed E-state index contributed by atoms with van der Waals surface area (Å²) in [4.78, 5) is 13.5. The molecular weight excluding hydrogens is 527 g/mol. The van der Waals surface area contributed by atoms with Crippen LogP contribution in [0.15, 0.2) is 83.3 Å². The van der Waals surface area contributed by atoms with Crippen LogP contribution in [0.2, 0.25) is 0 Å². The maximum Gasteiger partial charge on any atom is 0.416 e. The molecule has 1 N–H and O–H groups in total. The zero-order valence-electron chi connectivity index (χ0n) is 20.7. The van der Waals surface area contributed by atoms with Crippen LogP contribution in [-0.4, -0.2) is 5.91 Å². The Balaban J connectivity index is 1.96. The SMILES string of the molecule is Cc1ccc(C(Cc2ccccc2)(NC(=O)c2ccc(F)c(C(C)(F)F)c2)c2cc(F)cc(C(F)(F)F)c2)o1. The fourth-order valence-electron chi connectivity index (χ4n) is 4.34. The Hall–Kier alpha value is -4.08. The number of carbonyl (C=O) groups is 1. The quantitative estimate of drug-likeness (QED) is 0.238. The second-order valence-electron chi connectivity index (χ2n) is 9.24. The van der Waals surface area contributed by atoms with E-state index in [-0.39, 0.29) is 23.3 Å². The lowest BCUT2D eigenvalue weighted by Crippen LogP contribution is -2.48. The summed E-state index contributed by atoms with van der Waals surface area (Å²) in [6.45, 7) is 2.03. The molecule has 39 heavy (non-hydrogen) atoms. The van der Waals surface area contributed by atoms with E-state index in [0.717, 1.165) is 12.1 Å². The minimum atomic E-state index is -4.92. The average Bonchev–Trinajstić information content (AvgIpc) is 3.29. The minimum absolute atomic E-state index is 0.0286. The third-order valence-corrected chi connectivity index (χ3v) is 6.22. The molecule has 0 saturated carbocycles. The van der Waals surface area contributed by atoms with Gasteiger partial charge in [0, 0.05) is 18.9 Å². The molecule has 1 amide bonds. The summed E-state index contributed by atoms with van der Waals surface area (Å²) in [7, 11) is 0. The Morgan fingerprint density at radius 1 is 0.846 bits per heavy atom. The lowest BCUT2D eigenvalue weighted by molar-refractivity contribution is -0.137. The monoisotopic (exact) mass is 549 g/mol. The van der Waals surface area contributed by atoms with Gasteiger partial charge in [-0.2, -0.15) is 13.2 Å². The molecule has 0 radical (unpaired) electrons. The van der Waals surface area contributed by atoms with Gasteiger partial charge in [-0.1, -0.05) is 30.3 Å². The van der Waals surface area contributed by atoms with Crippen molar-refractivity contribution < 1.29 is 39.9 Å². The lowest BCUT2D eigenvalue weighted by atomic mass is 9.80. The highest BCUT2D eigenvalue weighted by Gasteiger charge is 2.42. The van der Waals surface area contributed by atoms with Crippen LogP contribution in [0, 0.1) is 18.6 Å². The van der Waals surface area contributed by atoms with Crippen LogP contribution in [0.1, 0.15) is 51.1 Å². The summed E-state index contributed by atoms with van der Waals surface area (Å²) in [5.74, 6) is -6.79. The molecule has 0 spiro atoms. The van der Waals surface area contributed by atoms with E-state index in [4.69, 9.17) is 4.42 Å². The van der Waals surface area contributed by atoms with E-state index in [1.807, 2.05) is 0 Å². The number of rotatable bonds is 7. The number of furan rings is 1.